The zero-order chi connectivity index (χ0) is 14.4. The molecular weight excluding hydrogens is 250 g/mol. The molecule has 0 radical (unpaired) electrons. The highest BCUT2D eigenvalue weighted by atomic mass is 16.5. The number of anilines is 1. The summed E-state index contributed by atoms with van der Waals surface area (Å²) in [5.41, 5.74) is 2.22. The quantitative estimate of drug-likeness (QED) is 0.744. The minimum absolute atomic E-state index is 0.103. The minimum atomic E-state index is -0.103. The van der Waals surface area contributed by atoms with Gasteiger partial charge in [-0.1, -0.05) is 36.4 Å². The molecule has 20 heavy (non-hydrogen) atoms. The molecule has 0 N–H and O–H groups in total. The molecule has 0 bridgehead atoms. The van der Waals surface area contributed by atoms with Gasteiger partial charge >= 0.3 is 0 Å². The van der Waals surface area contributed by atoms with Gasteiger partial charge in [0, 0.05) is 31.0 Å². The highest BCUT2D eigenvalue weighted by Gasteiger charge is 2.19. The van der Waals surface area contributed by atoms with E-state index in [1.807, 2.05) is 36.4 Å². The average Bonchev–Trinajstić information content (AvgIpc) is 2.53. The monoisotopic (exact) mass is 271 g/mol. The van der Waals surface area contributed by atoms with E-state index in [0.717, 1.165) is 23.5 Å². The molecule has 2 rings (SSSR count). The summed E-state index contributed by atoms with van der Waals surface area (Å²) in [6, 6.07) is 18.3. The van der Waals surface area contributed by atoms with E-state index in [1.54, 1.807) is 14.2 Å². The summed E-state index contributed by atoms with van der Waals surface area (Å²) < 4.78 is 11.0. The Morgan fingerprint density at radius 3 is 2.35 bits per heavy atom. The lowest BCUT2D eigenvalue weighted by Gasteiger charge is -2.32. The van der Waals surface area contributed by atoms with E-state index in [4.69, 9.17) is 9.47 Å². The fourth-order valence-corrected chi connectivity index (χ4v) is 2.33. The van der Waals surface area contributed by atoms with Crippen molar-refractivity contribution in [1.29, 1.82) is 0 Å². The van der Waals surface area contributed by atoms with E-state index in [9.17, 15) is 0 Å². The van der Waals surface area contributed by atoms with Crippen molar-refractivity contribution in [3.63, 3.8) is 0 Å². The molecular formula is C17H21NO2. The maximum absolute atomic E-state index is 5.70. The Balaban J connectivity index is 2.34. The maximum Gasteiger partial charge on any atom is 0.156 e. The Kier molecular flexibility index (Phi) is 5.02. The third-order valence-electron chi connectivity index (χ3n) is 3.32. The first-order valence-corrected chi connectivity index (χ1v) is 6.78. The third-order valence-corrected chi connectivity index (χ3v) is 3.32. The first-order chi connectivity index (χ1) is 9.80. The molecule has 0 amide bonds. The molecule has 3 heteroatoms. The first-order valence-electron chi connectivity index (χ1n) is 6.78. The number of benzene rings is 2. The van der Waals surface area contributed by atoms with E-state index >= 15 is 0 Å². The van der Waals surface area contributed by atoms with Crippen LogP contribution < -0.4 is 9.64 Å². The normalized spacial score (nSPS) is 11.9. The van der Waals surface area contributed by atoms with Crippen LogP contribution in [-0.2, 0) is 4.74 Å². The lowest BCUT2D eigenvalue weighted by atomic mass is 10.1. The SMILES string of the molecule is CCN(c1cccc(OC)c1)C(OC)c1ccccc1. The molecule has 0 fully saturated rings. The largest absolute Gasteiger partial charge is 0.497 e. The Morgan fingerprint density at radius 2 is 1.75 bits per heavy atom. The molecule has 0 aliphatic rings. The van der Waals surface area contributed by atoms with Crippen molar-refractivity contribution in [2.24, 2.45) is 0 Å². The van der Waals surface area contributed by atoms with Gasteiger partial charge < -0.3 is 14.4 Å². The van der Waals surface area contributed by atoms with Crippen LogP contribution in [0.3, 0.4) is 0 Å². The van der Waals surface area contributed by atoms with Crippen molar-refractivity contribution in [3.8, 4) is 5.75 Å². The zero-order valence-electron chi connectivity index (χ0n) is 12.2. The zero-order valence-corrected chi connectivity index (χ0v) is 12.2. The molecule has 0 saturated carbocycles. The van der Waals surface area contributed by atoms with Crippen molar-refractivity contribution >= 4 is 5.69 Å². The molecule has 2 aromatic rings. The summed E-state index contributed by atoms with van der Waals surface area (Å²) >= 11 is 0. The molecule has 2 aromatic carbocycles. The number of nitrogens with zero attached hydrogens (tertiary/aromatic N) is 1. The fraction of sp³-hybridized carbons (Fsp3) is 0.294. The summed E-state index contributed by atoms with van der Waals surface area (Å²) in [6.07, 6.45) is -0.103. The number of rotatable bonds is 6. The number of ether oxygens (including phenoxy) is 2. The van der Waals surface area contributed by atoms with Crippen LogP contribution in [0.1, 0.15) is 18.7 Å². The Bertz CT molecular complexity index is 528. The third kappa shape index (κ3) is 3.11. The van der Waals surface area contributed by atoms with Crippen LogP contribution in [0.2, 0.25) is 0 Å². The topological polar surface area (TPSA) is 21.7 Å². The van der Waals surface area contributed by atoms with Crippen LogP contribution in [0.4, 0.5) is 5.69 Å². The van der Waals surface area contributed by atoms with Crippen molar-refractivity contribution in [3.05, 3.63) is 60.2 Å². The van der Waals surface area contributed by atoms with Gasteiger partial charge in [-0.3, -0.25) is 0 Å². The van der Waals surface area contributed by atoms with Crippen molar-refractivity contribution in [1.82, 2.24) is 0 Å². The van der Waals surface area contributed by atoms with Crippen LogP contribution >= 0.6 is 0 Å². The van der Waals surface area contributed by atoms with Crippen LogP contribution in [0.15, 0.2) is 54.6 Å². The summed E-state index contributed by atoms with van der Waals surface area (Å²) in [7, 11) is 3.42. The summed E-state index contributed by atoms with van der Waals surface area (Å²) in [5.74, 6) is 0.851. The molecule has 0 spiro atoms. The minimum Gasteiger partial charge on any atom is -0.497 e. The van der Waals surface area contributed by atoms with Crippen LogP contribution in [0.25, 0.3) is 0 Å². The molecule has 0 aromatic heterocycles. The van der Waals surface area contributed by atoms with Crippen molar-refractivity contribution in [2.75, 3.05) is 25.7 Å². The van der Waals surface area contributed by atoms with Gasteiger partial charge in [-0.05, 0) is 19.1 Å². The highest BCUT2D eigenvalue weighted by Crippen LogP contribution is 2.29. The molecule has 106 valence electrons. The maximum atomic E-state index is 5.70. The van der Waals surface area contributed by atoms with Gasteiger partial charge in [0.05, 0.1) is 7.11 Å². The summed E-state index contributed by atoms with van der Waals surface area (Å²) in [4.78, 5) is 2.21. The predicted molar refractivity (Wildman–Crippen MR) is 82.2 cm³/mol. The smallest absolute Gasteiger partial charge is 0.156 e. The highest BCUT2D eigenvalue weighted by molar-refractivity contribution is 5.52. The summed E-state index contributed by atoms with van der Waals surface area (Å²) in [5, 5.41) is 0. The molecule has 1 unspecified atom stereocenters. The lowest BCUT2D eigenvalue weighted by Crippen LogP contribution is -2.29. The molecule has 0 aliphatic carbocycles. The molecule has 0 heterocycles. The number of hydrogen-bond acceptors (Lipinski definition) is 3. The van der Waals surface area contributed by atoms with E-state index in [2.05, 4.69) is 30.0 Å². The second kappa shape index (κ2) is 6.96. The van der Waals surface area contributed by atoms with Gasteiger partial charge in [0.15, 0.2) is 6.23 Å². The van der Waals surface area contributed by atoms with E-state index < -0.39 is 0 Å². The molecule has 0 aliphatic heterocycles. The van der Waals surface area contributed by atoms with Crippen LogP contribution in [0.5, 0.6) is 5.75 Å². The van der Waals surface area contributed by atoms with Gasteiger partial charge in [-0.25, -0.2) is 0 Å². The van der Waals surface area contributed by atoms with Gasteiger partial charge in [0.1, 0.15) is 5.75 Å². The van der Waals surface area contributed by atoms with E-state index in [0.29, 0.717) is 0 Å². The Hall–Kier alpha value is -2.00. The van der Waals surface area contributed by atoms with Crippen molar-refractivity contribution in [2.45, 2.75) is 13.2 Å². The predicted octanol–water partition coefficient (Wildman–Crippen LogP) is 3.87. The van der Waals surface area contributed by atoms with Gasteiger partial charge in [0.2, 0.25) is 0 Å². The second-order valence-corrected chi connectivity index (χ2v) is 4.49. The van der Waals surface area contributed by atoms with Gasteiger partial charge in [-0.15, -0.1) is 0 Å². The Morgan fingerprint density at radius 1 is 1.00 bits per heavy atom. The van der Waals surface area contributed by atoms with Crippen LogP contribution in [0, 0.1) is 0 Å². The number of methoxy groups -OCH3 is 2. The van der Waals surface area contributed by atoms with E-state index in [-0.39, 0.29) is 6.23 Å². The van der Waals surface area contributed by atoms with Gasteiger partial charge in [-0.2, -0.15) is 0 Å². The molecule has 3 nitrogen and oxygen atoms in total. The fourth-order valence-electron chi connectivity index (χ4n) is 2.33. The second-order valence-electron chi connectivity index (χ2n) is 4.49. The lowest BCUT2D eigenvalue weighted by molar-refractivity contribution is 0.100. The molecule has 1 atom stereocenters. The first kappa shape index (κ1) is 14.4. The molecule has 0 saturated heterocycles. The van der Waals surface area contributed by atoms with Crippen LogP contribution in [-0.4, -0.2) is 20.8 Å². The standard InChI is InChI=1S/C17H21NO2/c1-4-18(15-11-8-12-16(13-15)19-2)17(20-3)14-9-6-5-7-10-14/h5-13,17H,4H2,1-3H3. The number of hydrogen-bond donors (Lipinski definition) is 0. The Labute approximate surface area is 120 Å². The van der Waals surface area contributed by atoms with Crippen molar-refractivity contribution < 1.29 is 9.47 Å². The summed E-state index contributed by atoms with van der Waals surface area (Å²) in [6.45, 7) is 2.97. The van der Waals surface area contributed by atoms with E-state index in [1.165, 1.54) is 0 Å². The van der Waals surface area contributed by atoms with Gasteiger partial charge in [0.25, 0.3) is 0 Å². The average molecular weight is 271 g/mol.